The fraction of sp³-hybridized carbons (Fsp3) is 0.533. The molecule has 1 aromatic carbocycles. The maximum Gasteiger partial charge on any atom is 0.235 e. The van der Waals surface area contributed by atoms with Crippen molar-refractivity contribution in [3.8, 4) is 0 Å². The molecule has 0 spiro atoms. The Morgan fingerprint density at radius 2 is 1.81 bits per heavy atom. The van der Waals surface area contributed by atoms with Crippen molar-refractivity contribution in [3.05, 3.63) is 35.9 Å². The van der Waals surface area contributed by atoms with E-state index in [1.807, 2.05) is 44.2 Å². The van der Waals surface area contributed by atoms with Crippen LogP contribution in [0, 0.1) is 5.92 Å². The summed E-state index contributed by atoms with van der Waals surface area (Å²) < 4.78 is 25.9. The molecule has 0 bridgehead atoms. The summed E-state index contributed by atoms with van der Waals surface area (Å²) in [6, 6.07) is 8.85. The largest absolute Gasteiger partial charge is 0.368 e. The Morgan fingerprint density at radius 3 is 2.24 bits per heavy atom. The van der Waals surface area contributed by atoms with Crippen LogP contribution in [-0.2, 0) is 14.8 Å². The lowest BCUT2D eigenvalue weighted by atomic mass is 9.81. The maximum absolute atomic E-state index is 11.7. The molecule has 0 saturated carbocycles. The SMILES string of the molecule is CCC(c1ccccc1)C(C)C(NS(=O)(=O)CC)C(N)=O. The predicted molar refractivity (Wildman–Crippen MR) is 84.2 cm³/mol. The highest BCUT2D eigenvalue weighted by Crippen LogP contribution is 2.30. The van der Waals surface area contributed by atoms with Gasteiger partial charge in [0.15, 0.2) is 0 Å². The van der Waals surface area contributed by atoms with Gasteiger partial charge in [0.25, 0.3) is 0 Å². The average molecular weight is 312 g/mol. The van der Waals surface area contributed by atoms with Gasteiger partial charge in [-0.3, -0.25) is 4.79 Å². The van der Waals surface area contributed by atoms with Gasteiger partial charge in [0.1, 0.15) is 6.04 Å². The average Bonchev–Trinajstić information content (AvgIpc) is 2.46. The highest BCUT2D eigenvalue weighted by molar-refractivity contribution is 7.89. The quantitative estimate of drug-likeness (QED) is 0.764. The van der Waals surface area contributed by atoms with E-state index in [-0.39, 0.29) is 17.6 Å². The molecule has 3 unspecified atom stereocenters. The summed E-state index contributed by atoms with van der Waals surface area (Å²) in [6.45, 7) is 5.40. The molecule has 0 fully saturated rings. The molecule has 0 saturated heterocycles. The van der Waals surface area contributed by atoms with Crippen LogP contribution in [0.3, 0.4) is 0 Å². The van der Waals surface area contributed by atoms with Crippen LogP contribution in [0.25, 0.3) is 0 Å². The van der Waals surface area contributed by atoms with Crippen molar-refractivity contribution >= 4 is 15.9 Å². The van der Waals surface area contributed by atoms with Crippen molar-refractivity contribution in [1.29, 1.82) is 0 Å². The molecule has 0 aliphatic rings. The van der Waals surface area contributed by atoms with Crippen LogP contribution in [0.1, 0.15) is 38.7 Å². The zero-order chi connectivity index (χ0) is 16.0. The number of carbonyl (C=O) groups excluding carboxylic acids is 1. The van der Waals surface area contributed by atoms with Gasteiger partial charge < -0.3 is 5.73 Å². The van der Waals surface area contributed by atoms with Gasteiger partial charge in [-0.2, -0.15) is 0 Å². The number of rotatable bonds is 8. The smallest absolute Gasteiger partial charge is 0.235 e. The normalized spacial score (nSPS) is 16.1. The maximum atomic E-state index is 11.7. The minimum absolute atomic E-state index is 0.0586. The van der Waals surface area contributed by atoms with Crippen molar-refractivity contribution in [3.63, 3.8) is 0 Å². The number of sulfonamides is 1. The molecule has 5 nitrogen and oxygen atoms in total. The Balaban J connectivity index is 3.04. The van der Waals surface area contributed by atoms with E-state index in [1.54, 1.807) is 0 Å². The molecule has 0 radical (unpaired) electrons. The number of benzene rings is 1. The first-order valence-electron chi connectivity index (χ1n) is 7.16. The molecule has 1 amide bonds. The summed E-state index contributed by atoms with van der Waals surface area (Å²) in [6.07, 6.45) is 0.794. The number of carbonyl (C=O) groups is 1. The van der Waals surface area contributed by atoms with Crippen LogP contribution < -0.4 is 10.5 Å². The number of hydrogen-bond donors (Lipinski definition) is 2. The zero-order valence-corrected chi connectivity index (χ0v) is 13.6. The third-order valence-corrected chi connectivity index (χ3v) is 5.19. The Morgan fingerprint density at radius 1 is 1.24 bits per heavy atom. The molecular formula is C15H24N2O3S. The highest BCUT2D eigenvalue weighted by atomic mass is 32.2. The van der Waals surface area contributed by atoms with Gasteiger partial charge in [0.05, 0.1) is 5.75 Å². The first kappa shape index (κ1) is 17.7. The molecule has 1 aromatic rings. The van der Waals surface area contributed by atoms with E-state index >= 15 is 0 Å². The number of hydrogen-bond acceptors (Lipinski definition) is 3. The molecule has 0 aromatic heterocycles. The lowest BCUT2D eigenvalue weighted by Crippen LogP contribution is -2.50. The number of nitrogens with two attached hydrogens (primary N) is 1. The second kappa shape index (κ2) is 7.56. The summed E-state index contributed by atoms with van der Waals surface area (Å²) in [5.74, 6) is -0.889. The molecule has 118 valence electrons. The van der Waals surface area contributed by atoms with Crippen molar-refractivity contribution < 1.29 is 13.2 Å². The number of nitrogens with one attached hydrogen (secondary N) is 1. The molecule has 3 atom stereocenters. The number of primary amides is 1. The van der Waals surface area contributed by atoms with Crippen molar-refractivity contribution in [2.45, 2.75) is 39.2 Å². The molecule has 21 heavy (non-hydrogen) atoms. The summed E-state index contributed by atoms with van der Waals surface area (Å²) in [5, 5.41) is 0. The van der Waals surface area contributed by atoms with Gasteiger partial charge in [-0.15, -0.1) is 0 Å². The number of amides is 1. The topological polar surface area (TPSA) is 89.3 Å². The molecule has 0 aliphatic heterocycles. The van der Waals surface area contributed by atoms with Gasteiger partial charge in [-0.05, 0) is 30.7 Å². The standard InChI is InChI=1S/C15H24N2O3S/c1-4-13(12-9-7-6-8-10-12)11(3)14(15(16)18)17-21(19,20)5-2/h6-11,13-14,17H,4-5H2,1-3H3,(H2,16,18). The van der Waals surface area contributed by atoms with E-state index in [0.717, 1.165) is 12.0 Å². The third-order valence-electron chi connectivity index (χ3n) is 3.82. The van der Waals surface area contributed by atoms with Crippen LogP contribution in [0.2, 0.25) is 0 Å². The predicted octanol–water partition coefficient (Wildman–Crippen LogP) is 1.61. The van der Waals surface area contributed by atoms with Crippen LogP contribution in [0.5, 0.6) is 0 Å². The van der Waals surface area contributed by atoms with Gasteiger partial charge in [-0.25, -0.2) is 13.1 Å². The van der Waals surface area contributed by atoms with Crippen LogP contribution >= 0.6 is 0 Å². The monoisotopic (exact) mass is 312 g/mol. The lowest BCUT2D eigenvalue weighted by Gasteiger charge is -2.29. The van der Waals surface area contributed by atoms with Gasteiger partial charge in [0, 0.05) is 0 Å². The van der Waals surface area contributed by atoms with E-state index < -0.39 is 22.0 Å². The molecule has 1 rings (SSSR count). The summed E-state index contributed by atoms with van der Waals surface area (Å²) in [4.78, 5) is 11.7. The van der Waals surface area contributed by atoms with Crippen LogP contribution in [0.15, 0.2) is 30.3 Å². The van der Waals surface area contributed by atoms with Gasteiger partial charge in [-0.1, -0.05) is 44.2 Å². The Labute approximate surface area is 127 Å². The fourth-order valence-corrected chi connectivity index (χ4v) is 3.43. The first-order chi connectivity index (χ1) is 9.82. The van der Waals surface area contributed by atoms with E-state index in [2.05, 4.69) is 4.72 Å². The highest BCUT2D eigenvalue weighted by Gasteiger charge is 2.32. The summed E-state index contributed by atoms with van der Waals surface area (Å²) in [5.41, 5.74) is 6.48. The van der Waals surface area contributed by atoms with E-state index in [0.29, 0.717) is 0 Å². The lowest BCUT2D eigenvalue weighted by molar-refractivity contribution is -0.120. The minimum atomic E-state index is -3.48. The second-order valence-electron chi connectivity index (χ2n) is 5.19. The molecule has 0 aliphatic carbocycles. The zero-order valence-electron chi connectivity index (χ0n) is 12.7. The Kier molecular flexibility index (Phi) is 6.36. The third kappa shape index (κ3) is 4.82. The molecule has 3 N–H and O–H groups in total. The van der Waals surface area contributed by atoms with Crippen molar-refractivity contribution in [2.75, 3.05) is 5.75 Å². The van der Waals surface area contributed by atoms with Crippen LogP contribution in [-0.4, -0.2) is 26.1 Å². The van der Waals surface area contributed by atoms with Crippen molar-refractivity contribution in [1.82, 2.24) is 4.72 Å². The van der Waals surface area contributed by atoms with E-state index in [9.17, 15) is 13.2 Å². The molecule has 6 heteroatoms. The van der Waals surface area contributed by atoms with E-state index in [1.165, 1.54) is 6.92 Å². The first-order valence-corrected chi connectivity index (χ1v) is 8.81. The fourth-order valence-electron chi connectivity index (χ4n) is 2.54. The summed E-state index contributed by atoms with van der Waals surface area (Å²) in [7, 11) is -3.48. The molecule has 0 heterocycles. The van der Waals surface area contributed by atoms with E-state index in [4.69, 9.17) is 5.73 Å². The summed E-state index contributed by atoms with van der Waals surface area (Å²) >= 11 is 0. The van der Waals surface area contributed by atoms with Crippen LogP contribution in [0.4, 0.5) is 0 Å². The second-order valence-corrected chi connectivity index (χ2v) is 7.23. The Bertz CT molecular complexity index is 558. The van der Waals surface area contributed by atoms with Gasteiger partial charge >= 0.3 is 0 Å². The minimum Gasteiger partial charge on any atom is -0.368 e. The van der Waals surface area contributed by atoms with Gasteiger partial charge in [0.2, 0.25) is 15.9 Å². The van der Waals surface area contributed by atoms with Crippen molar-refractivity contribution in [2.24, 2.45) is 11.7 Å². The Hall–Kier alpha value is -1.40. The molecular weight excluding hydrogens is 288 g/mol.